The summed E-state index contributed by atoms with van der Waals surface area (Å²) in [7, 11) is 0. The molecule has 0 amide bonds. The number of aliphatic hydroxyl groups is 1. The minimum Gasteiger partial charge on any atom is -0.366 e. The maximum absolute atomic E-state index is 8.96. The van der Waals surface area contributed by atoms with Crippen LogP contribution in [-0.2, 0) is 14.2 Å². The van der Waals surface area contributed by atoms with Gasteiger partial charge in [0.15, 0.2) is 12.6 Å². The van der Waals surface area contributed by atoms with Gasteiger partial charge in [-0.1, -0.05) is 0 Å². The molecular weight excluding hydrogens is 136 g/mol. The highest BCUT2D eigenvalue weighted by Crippen LogP contribution is 2.28. The molecule has 2 heterocycles. The average molecular weight is 146 g/mol. The Hall–Kier alpha value is -0.160. The van der Waals surface area contributed by atoms with E-state index < -0.39 is 6.29 Å². The standard InChI is InChI=1S/C6H10O4/c1-3-8-2-4-5(9-3)6(7)10-4/h3-7H,2H2,1H3. The van der Waals surface area contributed by atoms with E-state index in [4.69, 9.17) is 19.3 Å². The van der Waals surface area contributed by atoms with Crippen molar-refractivity contribution in [3.05, 3.63) is 0 Å². The molecule has 0 radical (unpaired) electrons. The molecule has 10 heavy (non-hydrogen) atoms. The van der Waals surface area contributed by atoms with Crippen LogP contribution >= 0.6 is 0 Å². The lowest BCUT2D eigenvalue weighted by Crippen LogP contribution is -2.61. The Kier molecular flexibility index (Phi) is 1.42. The minimum absolute atomic E-state index is 0.0498. The lowest BCUT2D eigenvalue weighted by Gasteiger charge is -2.45. The first kappa shape index (κ1) is 6.54. The Morgan fingerprint density at radius 1 is 1.40 bits per heavy atom. The van der Waals surface area contributed by atoms with Crippen LogP contribution in [-0.4, -0.2) is 36.5 Å². The van der Waals surface area contributed by atoms with Crippen LogP contribution in [0.1, 0.15) is 6.92 Å². The van der Waals surface area contributed by atoms with Crippen LogP contribution in [0, 0.1) is 0 Å². The molecule has 2 aliphatic rings. The molecule has 4 unspecified atom stereocenters. The fourth-order valence-corrected chi connectivity index (χ4v) is 1.21. The molecule has 2 fully saturated rings. The zero-order valence-electron chi connectivity index (χ0n) is 5.69. The highest BCUT2D eigenvalue weighted by molar-refractivity contribution is 4.85. The maximum atomic E-state index is 8.96. The summed E-state index contributed by atoms with van der Waals surface area (Å²) in [5.41, 5.74) is 0. The number of hydrogen-bond acceptors (Lipinski definition) is 4. The first-order chi connectivity index (χ1) is 4.77. The molecule has 2 saturated heterocycles. The predicted molar refractivity (Wildman–Crippen MR) is 31.2 cm³/mol. The Labute approximate surface area is 58.7 Å². The van der Waals surface area contributed by atoms with E-state index in [1.165, 1.54) is 0 Å². The zero-order valence-corrected chi connectivity index (χ0v) is 5.69. The summed E-state index contributed by atoms with van der Waals surface area (Å²) in [5, 5.41) is 8.96. The van der Waals surface area contributed by atoms with Gasteiger partial charge >= 0.3 is 0 Å². The van der Waals surface area contributed by atoms with Gasteiger partial charge in [0.1, 0.15) is 12.2 Å². The Morgan fingerprint density at radius 2 is 2.20 bits per heavy atom. The van der Waals surface area contributed by atoms with Gasteiger partial charge in [0.25, 0.3) is 0 Å². The molecule has 4 atom stereocenters. The van der Waals surface area contributed by atoms with Gasteiger partial charge in [-0.25, -0.2) is 0 Å². The van der Waals surface area contributed by atoms with E-state index in [-0.39, 0.29) is 18.5 Å². The highest BCUT2D eigenvalue weighted by atomic mass is 16.8. The van der Waals surface area contributed by atoms with Crippen LogP contribution in [0.25, 0.3) is 0 Å². The molecule has 0 spiro atoms. The summed E-state index contributed by atoms with van der Waals surface area (Å²) >= 11 is 0. The second-order valence-electron chi connectivity index (χ2n) is 2.57. The van der Waals surface area contributed by atoms with Gasteiger partial charge in [-0.05, 0) is 6.92 Å². The van der Waals surface area contributed by atoms with E-state index in [0.717, 1.165) is 0 Å². The summed E-state index contributed by atoms with van der Waals surface area (Å²) in [4.78, 5) is 0. The number of fused-ring (bicyclic) bond motifs is 1. The van der Waals surface area contributed by atoms with Crippen molar-refractivity contribution in [2.75, 3.05) is 6.61 Å². The summed E-state index contributed by atoms with van der Waals surface area (Å²) in [6.07, 6.45) is -1.16. The monoisotopic (exact) mass is 146 g/mol. The van der Waals surface area contributed by atoms with Gasteiger partial charge in [-0.15, -0.1) is 0 Å². The fraction of sp³-hybridized carbons (Fsp3) is 1.00. The molecule has 4 heteroatoms. The van der Waals surface area contributed by atoms with E-state index in [1.807, 2.05) is 0 Å². The first-order valence-electron chi connectivity index (χ1n) is 3.38. The van der Waals surface area contributed by atoms with Crippen molar-refractivity contribution in [2.45, 2.75) is 31.7 Å². The van der Waals surface area contributed by atoms with Crippen molar-refractivity contribution in [1.29, 1.82) is 0 Å². The second-order valence-corrected chi connectivity index (χ2v) is 2.57. The third-order valence-electron chi connectivity index (χ3n) is 1.81. The van der Waals surface area contributed by atoms with E-state index in [0.29, 0.717) is 6.61 Å². The van der Waals surface area contributed by atoms with E-state index >= 15 is 0 Å². The van der Waals surface area contributed by atoms with Gasteiger partial charge in [0, 0.05) is 0 Å². The normalized spacial score (nSPS) is 53.4. The van der Waals surface area contributed by atoms with Gasteiger partial charge in [-0.2, -0.15) is 0 Å². The van der Waals surface area contributed by atoms with Gasteiger partial charge in [0.2, 0.25) is 0 Å². The number of aliphatic hydroxyl groups excluding tert-OH is 1. The van der Waals surface area contributed by atoms with Crippen LogP contribution in [0.3, 0.4) is 0 Å². The van der Waals surface area contributed by atoms with Crippen molar-refractivity contribution in [3.8, 4) is 0 Å². The Bertz CT molecular complexity index is 136. The lowest BCUT2D eigenvalue weighted by molar-refractivity contribution is -0.389. The molecule has 0 aromatic rings. The van der Waals surface area contributed by atoms with Crippen molar-refractivity contribution in [1.82, 2.24) is 0 Å². The van der Waals surface area contributed by atoms with Gasteiger partial charge in [-0.3, -0.25) is 0 Å². The topological polar surface area (TPSA) is 47.9 Å². The fourth-order valence-electron chi connectivity index (χ4n) is 1.21. The molecule has 2 rings (SSSR count). The van der Waals surface area contributed by atoms with Crippen LogP contribution in [0.4, 0.5) is 0 Å². The summed E-state index contributed by atoms with van der Waals surface area (Å²) in [6, 6.07) is 0. The molecule has 0 saturated carbocycles. The molecule has 1 N–H and O–H groups in total. The van der Waals surface area contributed by atoms with E-state index in [1.54, 1.807) is 6.92 Å². The summed E-state index contributed by atoms with van der Waals surface area (Å²) in [6.45, 7) is 2.34. The molecule has 0 bridgehead atoms. The van der Waals surface area contributed by atoms with Crippen LogP contribution in [0.2, 0.25) is 0 Å². The molecule has 4 nitrogen and oxygen atoms in total. The Balaban J connectivity index is 1.94. The summed E-state index contributed by atoms with van der Waals surface area (Å²) in [5.74, 6) is 0. The minimum atomic E-state index is -0.739. The maximum Gasteiger partial charge on any atom is 0.184 e. The zero-order chi connectivity index (χ0) is 7.14. The third-order valence-corrected chi connectivity index (χ3v) is 1.81. The average Bonchev–Trinajstić information content (AvgIpc) is 1.92. The smallest absolute Gasteiger partial charge is 0.184 e. The van der Waals surface area contributed by atoms with Crippen molar-refractivity contribution >= 4 is 0 Å². The quantitative estimate of drug-likeness (QED) is 0.499. The molecule has 0 aliphatic carbocycles. The SMILES string of the molecule is CC1OCC2OC(O)C2O1. The van der Waals surface area contributed by atoms with Crippen LogP contribution < -0.4 is 0 Å². The summed E-state index contributed by atoms with van der Waals surface area (Å²) < 4.78 is 15.2. The highest BCUT2D eigenvalue weighted by Gasteiger charge is 2.46. The number of ether oxygens (including phenoxy) is 3. The number of rotatable bonds is 0. The van der Waals surface area contributed by atoms with E-state index in [2.05, 4.69) is 0 Å². The molecule has 0 aromatic heterocycles. The van der Waals surface area contributed by atoms with Crippen molar-refractivity contribution < 1.29 is 19.3 Å². The molecule has 0 aromatic carbocycles. The molecule has 2 aliphatic heterocycles. The third kappa shape index (κ3) is 0.845. The molecule has 58 valence electrons. The van der Waals surface area contributed by atoms with Crippen LogP contribution in [0.5, 0.6) is 0 Å². The van der Waals surface area contributed by atoms with Crippen molar-refractivity contribution in [3.63, 3.8) is 0 Å². The Morgan fingerprint density at radius 3 is 2.80 bits per heavy atom. The first-order valence-corrected chi connectivity index (χ1v) is 3.38. The number of hydrogen-bond donors (Lipinski definition) is 1. The molecular formula is C6H10O4. The van der Waals surface area contributed by atoms with Crippen molar-refractivity contribution in [2.24, 2.45) is 0 Å². The van der Waals surface area contributed by atoms with Gasteiger partial charge < -0.3 is 19.3 Å². The lowest BCUT2D eigenvalue weighted by atomic mass is 10.1. The predicted octanol–water partition coefficient (Wildman–Crippen LogP) is -0.535. The largest absolute Gasteiger partial charge is 0.366 e. The van der Waals surface area contributed by atoms with Crippen LogP contribution in [0.15, 0.2) is 0 Å². The van der Waals surface area contributed by atoms with E-state index in [9.17, 15) is 0 Å². The second kappa shape index (κ2) is 2.17. The van der Waals surface area contributed by atoms with Gasteiger partial charge in [0.05, 0.1) is 6.61 Å².